The third-order valence-electron chi connectivity index (χ3n) is 4.21. The summed E-state index contributed by atoms with van der Waals surface area (Å²) in [4.78, 5) is 30.4. The van der Waals surface area contributed by atoms with Gasteiger partial charge in [0.25, 0.3) is 0 Å². The highest BCUT2D eigenvalue weighted by atomic mass is 16.2. The average Bonchev–Trinajstić information content (AvgIpc) is 2.56. The number of pyridine rings is 1. The first-order chi connectivity index (χ1) is 11.1. The molecule has 0 spiro atoms. The van der Waals surface area contributed by atoms with Gasteiger partial charge in [0.2, 0.25) is 11.6 Å². The van der Waals surface area contributed by atoms with Crippen LogP contribution in [0.3, 0.4) is 0 Å². The summed E-state index contributed by atoms with van der Waals surface area (Å²) in [7, 11) is 0. The molecule has 5 nitrogen and oxygen atoms in total. The number of nitrogens with one attached hydrogen (secondary N) is 1. The molecule has 1 atom stereocenters. The van der Waals surface area contributed by atoms with Gasteiger partial charge in [-0.25, -0.2) is 0 Å². The maximum absolute atomic E-state index is 11.9. The van der Waals surface area contributed by atoms with Crippen molar-refractivity contribution in [1.82, 2.24) is 15.2 Å². The second kappa shape index (κ2) is 8.02. The lowest BCUT2D eigenvalue weighted by Gasteiger charge is -2.23. The Morgan fingerprint density at radius 3 is 2.70 bits per heavy atom. The molecule has 0 aromatic carbocycles. The largest absolute Gasteiger partial charge is 0.381 e. The van der Waals surface area contributed by atoms with Crippen molar-refractivity contribution in [2.24, 2.45) is 0 Å². The van der Waals surface area contributed by atoms with Crippen LogP contribution in [0.2, 0.25) is 0 Å². The maximum atomic E-state index is 11.9. The molecule has 1 unspecified atom stereocenters. The number of fused-ring (bicyclic) bond motifs is 1. The first-order valence-corrected chi connectivity index (χ1v) is 8.31. The Balaban J connectivity index is 1.98. The Kier molecular flexibility index (Phi) is 6.04. The maximum Gasteiger partial charge on any atom is 0.235 e. The van der Waals surface area contributed by atoms with Gasteiger partial charge >= 0.3 is 0 Å². The molecule has 0 saturated heterocycles. The van der Waals surface area contributed by atoms with Crippen LogP contribution < -0.4 is 5.32 Å². The Hall–Kier alpha value is -2.01. The van der Waals surface area contributed by atoms with E-state index in [1.165, 1.54) is 6.08 Å². The van der Waals surface area contributed by atoms with Gasteiger partial charge in [0, 0.05) is 18.3 Å². The third-order valence-corrected chi connectivity index (χ3v) is 4.21. The predicted molar refractivity (Wildman–Crippen MR) is 91.2 cm³/mol. The van der Waals surface area contributed by atoms with E-state index in [1.54, 1.807) is 18.3 Å². The van der Waals surface area contributed by atoms with E-state index in [-0.39, 0.29) is 6.04 Å². The van der Waals surface area contributed by atoms with Crippen molar-refractivity contribution in [3.63, 3.8) is 0 Å². The van der Waals surface area contributed by atoms with Crippen LogP contribution in [0, 0.1) is 0 Å². The molecular formula is C18H25N3O2. The number of ketones is 2. The summed E-state index contributed by atoms with van der Waals surface area (Å²) >= 11 is 0. The number of carbonyl (C=O) groups is 2. The van der Waals surface area contributed by atoms with Crippen LogP contribution in [0.25, 0.3) is 5.70 Å². The van der Waals surface area contributed by atoms with Gasteiger partial charge in [-0.05, 0) is 51.5 Å². The smallest absolute Gasteiger partial charge is 0.235 e. The van der Waals surface area contributed by atoms with Crippen molar-refractivity contribution >= 4 is 17.3 Å². The Morgan fingerprint density at radius 2 is 2.00 bits per heavy atom. The molecule has 124 valence electrons. The molecule has 2 rings (SSSR count). The Bertz CT molecular complexity index is 606. The molecule has 1 aliphatic rings. The molecule has 0 radical (unpaired) electrons. The first kappa shape index (κ1) is 17.3. The minimum atomic E-state index is -0.483. The minimum absolute atomic E-state index is 0.215. The zero-order valence-corrected chi connectivity index (χ0v) is 14.1. The van der Waals surface area contributed by atoms with E-state index in [2.05, 4.69) is 36.0 Å². The number of aromatic nitrogens is 1. The fourth-order valence-corrected chi connectivity index (χ4v) is 2.81. The summed E-state index contributed by atoms with van der Waals surface area (Å²) in [5.74, 6) is -0.962. The lowest BCUT2D eigenvalue weighted by Crippen LogP contribution is -2.31. The fraction of sp³-hybridized carbons (Fsp3) is 0.500. The average molecular weight is 315 g/mol. The second-order valence-electron chi connectivity index (χ2n) is 5.87. The van der Waals surface area contributed by atoms with E-state index in [1.807, 2.05) is 0 Å². The highest BCUT2D eigenvalue weighted by Crippen LogP contribution is 2.21. The van der Waals surface area contributed by atoms with Crippen molar-refractivity contribution in [3.8, 4) is 0 Å². The zero-order valence-electron chi connectivity index (χ0n) is 14.1. The van der Waals surface area contributed by atoms with E-state index < -0.39 is 11.6 Å². The van der Waals surface area contributed by atoms with Crippen molar-refractivity contribution in [2.75, 3.05) is 19.6 Å². The molecule has 1 aromatic heterocycles. The number of rotatable bonds is 8. The Labute approximate surface area is 137 Å². The molecule has 1 heterocycles. The molecule has 1 aliphatic carbocycles. The predicted octanol–water partition coefficient (Wildman–Crippen LogP) is 2.29. The quantitative estimate of drug-likeness (QED) is 0.746. The number of hydrogen-bond acceptors (Lipinski definition) is 5. The van der Waals surface area contributed by atoms with Gasteiger partial charge in [-0.15, -0.1) is 0 Å². The zero-order chi connectivity index (χ0) is 16.8. The normalized spacial score (nSPS) is 15.4. The van der Waals surface area contributed by atoms with E-state index >= 15 is 0 Å². The monoisotopic (exact) mass is 315 g/mol. The highest BCUT2D eigenvalue weighted by molar-refractivity contribution is 6.50. The summed E-state index contributed by atoms with van der Waals surface area (Å²) in [6.07, 6.45) is 5.10. The van der Waals surface area contributed by atoms with Gasteiger partial charge in [0.1, 0.15) is 0 Å². The number of allylic oxidation sites excluding steroid dienone is 1. The molecule has 0 aliphatic heterocycles. The van der Waals surface area contributed by atoms with Crippen LogP contribution in [-0.4, -0.2) is 47.1 Å². The lowest BCUT2D eigenvalue weighted by molar-refractivity contribution is -0.111. The number of Topliss-reactive ketones (excluding diaryl/α,β-unsaturated/α-hetero) is 1. The molecule has 0 bridgehead atoms. The second-order valence-corrected chi connectivity index (χ2v) is 5.87. The Morgan fingerprint density at radius 1 is 1.26 bits per heavy atom. The SMILES string of the molecule is CCN(CC)CCCC(C)NC1=CC(=O)C(=O)c2cccnc21. The van der Waals surface area contributed by atoms with Crippen LogP contribution in [0.15, 0.2) is 24.4 Å². The summed E-state index contributed by atoms with van der Waals surface area (Å²) in [5, 5.41) is 3.34. The standard InChI is InChI=1S/C18H25N3O2/c1-4-21(5-2)11-7-8-13(3)20-15-12-16(22)18(23)14-9-6-10-19-17(14)15/h6,9-10,12-13,20H,4-5,7-8,11H2,1-3H3. The highest BCUT2D eigenvalue weighted by Gasteiger charge is 2.27. The van der Waals surface area contributed by atoms with Crippen molar-refractivity contribution < 1.29 is 9.59 Å². The summed E-state index contributed by atoms with van der Waals surface area (Å²) in [5.41, 5.74) is 1.62. The molecule has 1 aromatic rings. The van der Waals surface area contributed by atoms with Crippen molar-refractivity contribution in [1.29, 1.82) is 0 Å². The van der Waals surface area contributed by atoms with Gasteiger partial charge in [0.05, 0.1) is 17.0 Å². The van der Waals surface area contributed by atoms with Crippen molar-refractivity contribution in [2.45, 2.75) is 39.7 Å². The minimum Gasteiger partial charge on any atom is -0.381 e. The molecule has 0 amide bonds. The molecule has 23 heavy (non-hydrogen) atoms. The fourth-order valence-electron chi connectivity index (χ4n) is 2.81. The topological polar surface area (TPSA) is 62.3 Å². The molecule has 1 N–H and O–H groups in total. The molecule has 0 saturated carbocycles. The van der Waals surface area contributed by atoms with E-state index in [4.69, 9.17) is 0 Å². The van der Waals surface area contributed by atoms with Gasteiger partial charge in [-0.2, -0.15) is 0 Å². The third kappa shape index (κ3) is 4.26. The number of hydrogen-bond donors (Lipinski definition) is 1. The lowest BCUT2D eigenvalue weighted by atomic mass is 9.96. The number of nitrogens with zero attached hydrogens (tertiary/aromatic N) is 2. The van der Waals surface area contributed by atoms with Crippen LogP contribution in [0.5, 0.6) is 0 Å². The van der Waals surface area contributed by atoms with Gasteiger partial charge < -0.3 is 10.2 Å². The van der Waals surface area contributed by atoms with Gasteiger partial charge in [-0.3, -0.25) is 14.6 Å². The van der Waals surface area contributed by atoms with E-state index in [0.29, 0.717) is 17.0 Å². The van der Waals surface area contributed by atoms with Gasteiger partial charge in [-0.1, -0.05) is 13.8 Å². The van der Waals surface area contributed by atoms with Crippen molar-refractivity contribution in [3.05, 3.63) is 35.7 Å². The van der Waals surface area contributed by atoms with E-state index in [0.717, 1.165) is 32.5 Å². The summed E-state index contributed by atoms with van der Waals surface area (Å²) < 4.78 is 0. The molecule has 5 heteroatoms. The van der Waals surface area contributed by atoms with Crippen LogP contribution in [0.1, 0.15) is 49.7 Å². The first-order valence-electron chi connectivity index (χ1n) is 8.31. The van der Waals surface area contributed by atoms with Crippen LogP contribution in [0.4, 0.5) is 0 Å². The molecular weight excluding hydrogens is 290 g/mol. The van der Waals surface area contributed by atoms with Crippen LogP contribution in [-0.2, 0) is 4.79 Å². The summed E-state index contributed by atoms with van der Waals surface area (Å²) in [6, 6.07) is 3.55. The van der Waals surface area contributed by atoms with E-state index in [9.17, 15) is 9.59 Å². The summed E-state index contributed by atoms with van der Waals surface area (Å²) in [6.45, 7) is 9.64. The molecule has 0 fully saturated rings. The van der Waals surface area contributed by atoms with Gasteiger partial charge in [0.15, 0.2) is 0 Å². The van der Waals surface area contributed by atoms with Crippen LogP contribution >= 0.6 is 0 Å². The number of carbonyl (C=O) groups excluding carboxylic acids is 2.